The van der Waals surface area contributed by atoms with Gasteiger partial charge in [0.25, 0.3) is 0 Å². The van der Waals surface area contributed by atoms with Gasteiger partial charge in [0, 0.05) is 24.7 Å². The van der Waals surface area contributed by atoms with Crippen LogP contribution in [0.4, 0.5) is 13.2 Å². The molecule has 1 atom stereocenters. The van der Waals surface area contributed by atoms with Crippen LogP contribution in [-0.2, 0) is 16.2 Å². The molecule has 2 rings (SSSR count). The minimum Gasteiger partial charge on any atom is -0.329 e. The van der Waals surface area contributed by atoms with Crippen LogP contribution < -0.4 is 5.73 Å². The number of alkyl halides is 3. The number of nitrogens with zero attached hydrogens (tertiary/aromatic N) is 1. The topological polar surface area (TPSA) is 63.4 Å². The van der Waals surface area contributed by atoms with E-state index in [1.165, 1.54) is 7.05 Å². The summed E-state index contributed by atoms with van der Waals surface area (Å²) in [6.45, 7) is 0.0648. The van der Waals surface area contributed by atoms with Crippen LogP contribution in [0.3, 0.4) is 0 Å². The fourth-order valence-corrected chi connectivity index (χ4v) is 4.19. The van der Waals surface area contributed by atoms with Gasteiger partial charge in [0.15, 0.2) is 0 Å². The van der Waals surface area contributed by atoms with Crippen molar-refractivity contribution in [2.75, 3.05) is 13.6 Å². The molecular formula is C13H17Cl2F3N2O2S. The number of benzene rings is 1. The number of halogens is 5. The molecule has 0 aromatic heterocycles. The Balaban J connectivity index is 0.00000264. The van der Waals surface area contributed by atoms with Gasteiger partial charge in [0.2, 0.25) is 10.0 Å². The fourth-order valence-electron chi connectivity index (χ4n) is 2.40. The molecule has 132 valence electrons. The Labute approximate surface area is 144 Å². The quantitative estimate of drug-likeness (QED) is 0.836. The van der Waals surface area contributed by atoms with E-state index in [-0.39, 0.29) is 29.9 Å². The number of likely N-dealkylation sites (N-methyl/N-ethyl adjacent to an activating group) is 1. The van der Waals surface area contributed by atoms with Crippen molar-refractivity contribution >= 4 is 34.0 Å². The van der Waals surface area contributed by atoms with Crippen LogP contribution in [-0.4, -0.2) is 32.4 Å². The summed E-state index contributed by atoms with van der Waals surface area (Å²) in [4.78, 5) is -0.800. The van der Waals surface area contributed by atoms with Gasteiger partial charge in [0.1, 0.15) is 0 Å². The van der Waals surface area contributed by atoms with Crippen molar-refractivity contribution in [3.05, 3.63) is 28.8 Å². The molecule has 23 heavy (non-hydrogen) atoms. The molecule has 0 bridgehead atoms. The zero-order valence-electron chi connectivity index (χ0n) is 12.2. The first kappa shape index (κ1) is 20.5. The molecule has 1 aromatic rings. The third-order valence-corrected chi connectivity index (χ3v) is 5.95. The van der Waals surface area contributed by atoms with Gasteiger partial charge in [-0.2, -0.15) is 17.5 Å². The Kier molecular flexibility index (Phi) is 6.37. The number of hydrogen-bond donors (Lipinski definition) is 1. The lowest BCUT2D eigenvalue weighted by atomic mass is 10.2. The summed E-state index contributed by atoms with van der Waals surface area (Å²) in [7, 11) is -3.05. The lowest BCUT2D eigenvalue weighted by molar-refractivity contribution is -0.139. The van der Waals surface area contributed by atoms with Crippen LogP contribution in [0.2, 0.25) is 5.02 Å². The van der Waals surface area contributed by atoms with Gasteiger partial charge < -0.3 is 5.73 Å². The third-order valence-electron chi connectivity index (χ3n) is 3.78. The molecule has 0 saturated heterocycles. The number of hydrogen-bond acceptors (Lipinski definition) is 3. The molecule has 1 aliphatic rings. The van der Waals surface area contributed by atoms with Crippen molar-refractivity contribution in [1.29, 1.82) is 0 Å². The second-order valence-electron chi connectivity index (χ2n) is 5.30. The van der Waals surface area contributed by atoms with Gasteiger partial charge >= 0.3 is 6.18 Å². The summed E-state index contributed by atoms with van der Waals surface area (Å²) < 4.78 is 65.4. The summed E-state index contributed by atoms with van der Waals surface area (Å²) in [5, 5.41) is -0.175. The average Bonchev–Trinajstić information content (AvgIpc) is 3.22. The summed E-state index contributed by atoms with van der Waals surface area (Å²) >= 11 is 5.57. The molecule has 0 spiro atoms. The maximum atomic E-state index is 13.1. The number of sulfonamides is 1. The molecule has 4 nitrogen and oxygen atoms in total. The van der Waals surface area contributed by atoms with E-state index in [2.05, 4.69) is 0 Å². The van der Waals surface area contributed by atoms with Gasteiger partial charge in [-0.3, -0.25) is 0 Å². The molecule has 1 aliphatic carbocycles. The van der Waals surface area contributed by atoms with Gasteiger partial charge in [0.05, 0.1) is 10.5 Å². The molecule has 0 heterocycles. The van der Waals surface area contributed by atoms with E-state index in [1.54, 1.807) is 0 Å². The highest BCUT2D eigenvalue weighted by Crippen LogP contribution is 2.39. The van der Waals surface area contributed by atoms with Crippen molar-refractivity contribution < 1.29 is 21.6 Å². The molecule has 0 amide bonds. The van der Waals surface area contributed by atoms with Gasteiger partial charge in [-0.15, -0.1) is 12.4 Å². The average molecular weight is 393 g/mol. The van der Waals surface area contributed by atoms with Crippen molar-refractivity contribution in [2.24, 2.45) is 11.7 Å². The van der Waals surface area contributed by atoms with Crippen molar-refractivity contribution in [1.82, 2.24) is 4.31 Å². The van der Waals surface area contributed by atoms with Crippen LogP contribution in [0, 0.1) is 5.92 Å². The van der Waals surface area contributed by atoms with E-state index in [1.807, 2.05) is 0 Å². The van der Waals surface area contributed by atoms with Crippen LogP contribution in [0.25, 0.3) is 0 Å². The SMILES string of the molecule is CN(C(CN)C1CC1)S(=O)(=O)c1ccc(Cl)cc1C(F)(F)F.Cl. The molecule has 0 radical (unpaired) electrons. The fraction of sp³-hybridized carbons (Fsp3) is 0.538. The summed E-state index contributed by atoms with van der Waals surface area (Å²) in [5.41, 5.74) is 4.32. The van der Waals surface area contributed by atoms with Crippen molar-refractivity contribution in [3.63, 3.8) is 0 Å². The zero-order valence-corrected chi connectivity index (χ0v) is 14.6. The smallest absolute Gasteiger partial charge is 0.329 e. The van der Waals surface area contributed by atoms with E-state index in [4.69, 9.17) is 17.3 Å². The maximum Gasteiger partial charge on any atom is 0.417 e. The predicted molar refractivity (Wildman–Crippen MR) is 84.2 cm³/mol. The highest BCUT2D eigenvalue weighted by molar-refractivity contribution is 7.89. The van der Waals surface area contributed by atoms with E-state index in [0.29, 0.717) is 6.07 Å². The third kappa shape index (κ3) is 4.30. The first-order valence-electron chi connectivity index (χ1n) is 6.64. The van der Waals surface area contributed by atoms with Gasteiger partial charge in [-0.25, -0.2) is 8.42 Å². The van der Waals surface area contributed by atoms with Crippen LogP contribution >= 0.6 is 24.0 Å². The Morgan fingerprint density at radius 3 is 2.39 bits per heavy atom. The summed E-state index contributed by atoms with van der Waals surface area (Å²) in [6.07, 6.45) is -3.16. The Morgan fingerprint density at radius 2 is 1.96 bits per heavy atom. The largest absolute Gasteiger partial charge is 0.417 e. The van der Waals surface area contributed by atoms with Crippen LogP contribution in [0.1, 0.15) is 18.4 Å². The first-order valence-corrected chi connectivity index (χ1v) is 8.45. The Bertz CT molecular complexity index is 664. The first-order chi connectivity index (χ1) is 10.1. The maximum absolute atomic E-state index is 13.1. The second kappa shape index (κ2) is 7.14. The minimum atomic E-state index is -4.81. The molecule has 10 heteroatoms. The van der Waals surface area contributed by atoms with Gasteiger partial charge in [-0.1, -0.05) is 11.6 Å². The molecule has 1 aromatic carbocycles. The van der Waals surface area contributed by atoms with Crippen molar-refractivity contribution in [3.8, 4) is 0 Å². The zero-order chi connectivity index (χ0) is 16.7. The molecule has 0 aliphatic heterocycles. The molecule has 1 unspecified atom stereocenters. The number of rotatable bonds is 5. The predicted octanol–water partition coefficient (Wildman–Crippen LogP) is 3.14. The summed E-state index contributed by atoms with van der Waals surface area (Å²) in [6, 6.07) is 2.14. The van der Waals surface area contributed by atoms with Crippen molar-refractivity contribution in [2.45, 2.75) is 30.0 Å². The molecule has 2 N–H and O–H groups in total. The van der Waals surface area contributed by atoms with Gasteiger partial charge in [-0.05, 0) is 37.0 Å². The molecule has 1 fully saturated rings. The van der Waals surface area contributed by atoms with Crippen LogP contribution in [0.5, 0.6) is 0 Å². The van der Waals surface area contributed by atoms with E-state index in [0.717, 1.165) is 29.3 Å². The standard InChI is InChI=1S/C13H16ClF3N2O2S.ClH/c1-19(11(7-18)8-2-3-8)22(20,21)12-5-4-9(14)6-10(12)13(15,16)17;/h4-6,8,11H,2-3,7,18H2,1H3;1H. The highest BCUT2D eigenvalue weighted by atomic mass is 35.5. The minimum absolute atomic E-state index is 0. The lowest BCUT2D eigenvalue weighted by Gasteiger charge is -2.27. The van der Waals surface area contributed by atoms with E-state index < -0.39 is 32.7 Å². The second-order valence-corrected chi connectivity index (χ2v) is 7.70. The van der Waals surface area contributed by atoms with E-state index >= 15 is 0 Å². The Morgan fingerprint density at radius 1 is 1.39 bits per heavy atom. The summed E-state index contributed by atoms with van der Waals surface area (Å²) in [5.74, 6) is 0.103. The lowest BCUT2D eigenvalue weighted by Crippen LogP contribution is -2.43. The van der Waals surface area contributed by atoms with E-state index in [9.17, 15) is 21.6 Å². The highest BCUT2D eigenvalue weighted by Gasteiger charge is 2.42. The Hall–Kier alpha value is -0.540. The molecular weight excluding hydrogens is 376 g/mol. The number of nitrogens with two attached hydrogens (primary N) is 1. The van der Waals surface area contributed by atoms with Crippen LogP contribution in [0.15, 0.2) is 23.1 Å². The molecule has 1 saturated carbocycles. The normalized spacial score (nSPS) is 17.0. The monoisotopic (exact) mass is 392 g/mol.